The summed E-state index contributed by atoms with van der Waals surface area (Å²) < 4.78 is 15.2. The van der Waals surface area contributed by atoms with Crippen molar-refractivity contribution in [2.24, 2.45) is 0 Å². The summed E-state index contributed by atoms with van der Waals surface area (Å²) in [6.07, 6.45) is 4.76. The molecular formula is C26H26FN5O2S. The van der Waals surface area contributed by atoms with Crippen LogP contribution in [0.15, 0.2) is 66.3 Å². The van der Waals surface area contributed by atoms with Gasteiger partial charge >= 0.3 is 0 Å². The van der Waals surface area contributed by atoms with Crippen LogP contribution in [0.25, 0.3) is 0 Å². The Balaban J connectivity index is 1.28. The maximum atomic E-state index is 13.4. The molecule has 9 heteroatoms. The van der Waals surface area contributed by atoms with E-state index in [4.69, 9.17) is 4.98 Å². The molecule has 1 amide bonds. The van der Waals surface area contributed by atoms with Crippen molar-refractivity contribution in [3.8, 4) is 0 Å². The van der Waals surface area contributed by atoms with Crippen molar-refractivity contribution in [1.29, 1.82) is 0 Å². The van der Waals surface area contributed by atoms with E-state index in [2.05, 4.69) is 15.2 Å². The number of aliphatic hydroxyl groups is 1. The monoisotopic (exact) mass is 491 g/mol. The van der Waals surface area contributed by atoms with Gasteiger partial charge in [-0.05, 0) is 67.3 Å². The third kappa shape index (κ3) is 5.11. The second kappa shape index (κ2) is 9.97. The zero-order chi connectivity index (χ0) is 24.4. The number of carbonyl (C=O) groups excluding carboxylic acids is 1. The highest BCUT2D eigenvalue weighted by Gasteiger charge is 2.28. The van der Waals surface area contributed by atoms with E-state index >= 15 is 0 Å². The van der Waals surface area contributed by atoms with Gasteiger partial charge in [0.05, 0.1) is 17.8 Å². The number of aliphatic hydroxyl groups excluding tert-OH is 1. The largest absolute Gasteiger partial charge is 0.389 e. The van der Waals surface area contributed by atoms with Crippen LogP contribution in [0.3, 0.4) is 0 Å². The van der Waals surface area contributed by atoms with Gasteiger partial charge in [-0.3, -0.25) is 10.1 Å². The lowest BCUT2D eigenvalue weighted by atomic mass is 10.1. The van der Waals surface area contributed by atoms with Gasteiger partial charge in [-0.25, -0.2) is 9.97 Å². The fourth-order valence-corrected chi connectivity index (χ4v) is 5.23. The molecule has 3 aromatic heterocycles. The first-order chi connectivity index (χ1) is 17.0. The average molecular weight is 492 g/mol. The van der Waals surface area contributed by atoms with E-state index in [0.29, 0.717) is 17.4 Å². The predicted octanol–water partition coefficient (Wildman–Crippen LogP) is 5.17. The normalized spacial score (nSPS) is 16.4. The smallest absolute Gasteiger partial charge is 0.274 e. The molecule has 2 N–H and O–H groups in total. The van der Waals surface area contributed by atoms with Gasteiger partial charge in [0, 0.05) is 36.6 Å². The zero-order valence-corrected chi connectivity index (χ0v) is 20.1. The minimum absolute atomic E-state index is 0.139. The van der Waals surface area contributed by atoms with Gasteiger partial charge < -0.3 is 14.6 Å². The Kier molecular flexibility index (Phi) is 6.61. The molecule has 0 bridgehead atoms. The summed E-state index contributed by atoms with van der Waals surface area (Å²) in [6.45, 7) is 3.05. The number of aromatic nitrogens is 3. The molecule has 7 nitrogen and oxygen atoms in total. The van der Waals surface area contributed by atoms with Crippen molar-refractivity contribution >= 4 is 28.1 Å². The van der Waals surface area contributed by atoms with Crippen LogP contribution in [0.4, 0.5) is 15.2 Å². The molecule has 0 aliphatic carbocycles. The fraction of sp³-hybridized carbons (Fsp3) is 0.269. The summed E-state index contributed by atoms with van der Waals surface area (Å²) in [5.74, 6) is -0.807. The molecule has 4 aromatic rings. The second-order valence-electron chi connectivity index (χ2n) is 8.66. The van der Waals surface area contributed by atoms with Crippen molar-refractivity contribution in [3.05, 3.63) is 94.8 Å². The van der Waals surface area contributed by atoms with E-state index < -0.39 is 12.1 Å². The summed E-state index contributed by atoms with van der Waals surface area (Å²) >= 11 is 1.41. The molecule has 1 saturated heterocycles. The Morgan fingerprint density at radius 1 is 1.29 bits per heavy atom. The third-order valence-electron chi connectivity index (χ3n) is 6.25. The highest BCUT2D eigenvalue weighted by molar-refractivity contribution is 7.14. The van der Waals surface area contributed by atoms with Crippen LogP contribution >= 0.6 is 11.3 Å². The molecule has 35 heavy (non-hydrogen) atoms. The first kappa shape index (κ1) is 23.2. The fourth-order valence-electron chi connectivity index (χ4n) is 4.48. The molecule has 2 atom stereocenters. The number of nitrogens with one attached hydrogen (secondary N) is 1. The van der Waals surface area contributed by atoms with E-state index in [1.807, 2.05) is 29.6 Å². The Hall–Kier alpha value is -3.56. The molecule has 0 radical (unpaired) electrons. The number of halogens is 1. The van der Waals surface area contributed by atoms with Crippen LogP contribution in [0, 0.1) is 5.95 Å². The Morgan fingerprint density at radius 2 is 2.11 bits per heavy atom. The minimum atomic E-state index is -0.546. The van der Waals surface area contributed by atoms with Gasteiger partial charge in [0.25, 0.3) is 5.91 Å². The van der Waals surface area contributed by atoms with Crippen LogP contribution in [0.2, 0.25) is 0 Å². The van der Waals surface area contributed by atoms with Crippen molar-refractivity contribution in [2.75, 3.05) is 16.8 Å². The maximum absolute atomic E-state index is 13.4. The van der Waals surface area contributed by atoms with Crippen molar-refractivity contribution in [1.82, 2.24) is 14.5 Å². The first-order valence-electron chi connectivity index (χ1n) is 11.5. The van der Waals surface area contributed by atoms with Gasteiger partial charge in [-0.1, -0.05) is 12.1 Å². The number of benzene rings is 1. The standard InChI is InChI=1S/C26H26FN5O2S/c1-17(33)19-6-8-20(9-7-19)32-13-3-4-22(32)21-16-35-26(29-21)30-25(34)23-5-2-12-31(23)15-18-10-11-28-24(27)14-18/h2,5-12,14,16-17,22,33H,3-4,13,15H2,1H3,(H,29,30,34). The van der Waals surface area contributed by atoms with Crippen LogP contribution in [-0.2, 0) is 6.54 Å². The van der Waals surface area contributed by atoms with Gasteiger partial charge in [-0.2, -0.15) is 4.39 Å². The molecule has 4 heterocycles. The number of hydrogen-bond donors (Lipinski definition) is 2. The first-order valence-corrected chi connectivity index (χ1v) is 12.4. The molecule has 1 aliphatic heterocycles. The Morgan fingerprint density at radius 3 is 2.89 bits per heavy atom. The number of carbonyl (C=O) groups is 1. The number of anilines is 2. The average Bonchev–Trinajstić information content (AvgIpc) is 3.60. The van der Waals surface area contributed by atoms with Gasteiger partial charge in [0.2, 0.25) is 5.95 Å². The Labute approximate surface area is 206 Å². The SMILES string of the molecule is CC(O)c1ccc(N2CCCC2c2csc(NC(=O)c3cccn3Cc3ccnc(F)c3)n2)cc1. The quantitative estimate of drug-likeness (QED) is 0.348. The number of thiazole rings is 1. The van der Waals surface area contributed by atoms with E-state index in [1.165, 1.54) is 23.6 Å². The lowest BCUT2D eigenvalue weighted by Gasteiger charge is -2.26. The van der Waals surface area contributed by atoms with E-state index in [1.54, 1.807) is 35.9 Å². The lowest BCUT2D eigenvalue weighted by Crippen LogP contribution is -2.23. The lowest BCUT2D eigenvalue weighted by molar-refractivity contribution is 0.101. The number of rotatable bonds is 7. The third-order valence-corrected chi connectivity index (χ3v) is 7.03. The zero-order valence-electron chi connectivity index (χ0n) is 19.3. The molecule has 5 rings (SSSR count). The van der Waals surface area contributed by atoms with Gasteiger partial charge in [0.1, 0.15) is 5.69 Å². The molecule has 180 valence electrons. The topological polar surface area (TPSA) is 83.3 Å². The molecular weight excluding hydrogens is 465 g/mol. The highest BCUT2D eigenvalue weighted by Crippen LogP contribution is 2.37. The van der Waals surface area contributed by atoms with Crippen LogP contribution < -0.4 is 10.2 Å². The number of amides is 1. The summed E-state index contributed by atoms with van der Waals surface area (Å²) in [5.41, 5.74) is 4.12. The Bertz CT molecular complexity index is 1320. The number of nitrogens with zero attached hydrogens (tertiary/aromatic N) is 4. The van der Waals surface area contributed by atoms with Gasteiger partial charge in [-0.15, -0.1) is 11.3 Å². The maximum Gasteiger partial charge on any atom is 0.274 e. The van der Waals surface area contributed by atoms with E-state index in [9.17, 15) is 14.3 Å². The predicted molar refractivity (Wildman–Crippen MR) is 134 cm³/mol. The molecule has 2 unspecified atom stereocenters. The molecule has 1 aliphatic rings. The summed E-state index contributed by atoms with van der Waals surface area (Å²) in [6, 6.07) is 14.7. The van der Waals surface area contributed by atoms with E-state index in [0.717, 1.165) is 41.9 Å². The number of pyridine rings is 1. The number of hydrogen-bond acceptors (Lipinski definition) is 6. The highest BCUT2D eigenvalue weighted by atomic mass is 32.1. The van der Waals surface area contributed by atoms with Crippen LogP contribution in [0.5, 0.6) is 0 Å². The van der Waals surface area contributed by atoms with Crippen LogP contribution in [-0.4, -0.2) is 32.1 Å². The summed E-state index contributed by atoms with van der Waals surface area (Å²) in [5, 5.41) is 15.2. The van der Waals surface area contributed by atoms with Crippen molar-refractivity contribution < 1.29 is 14.3 Å². The minimum Gasteiger partial charge on any atom is -0.389 e. The molecule has 1 aromatic carbocycles. The molecule has 1 fully saturated rings. The molecule has 0 saturated carbocycles. The van der Waals surface area contributed by atoms with Crippen molar-refractivity contribution in [2.45, 2.75) is 38.5 Å². The summed E-state index contributed by atoms with van der Waals surface area (Å²) in [7, 11) is 0. The van der Waals surface area contributed by atoms with Gasteiger partial charge in [0.15, 0.2) is 5.13 Å². The molecule has 0 spiro atoms. The van der Waals surface area contributed by atoms with Crippen molar-refractivity contribution in [3.63, 3.8) is 0 Å². The second-order valence-corrected chi connectivity index (χ2v) is 9.52. The van der Waals surface area contributed by atoms with Crippen LogP contribution in [0.1, 0.15) is 59.2 Å². The van der Waals surface area contributed by atoms with E-state index in [-0.39, 0.29) is 11.9 Å². The summed E-state index contributed by atoms with van der Waals surface area (Å²) in [4.78, 5) is 23.6.